The molecule has 196 valence electrons. The maximum Gasteiger partial charge on any atom is 0.407 e. The van der Waals surface area contributed by atoms with Gasteiger partial charge in [0.2, 0.25) is 0 Å². The fourth-order valence-corrected chi connectivity index (χ4v) is 4.60. The minimum Gasteiger partial charge on any atom is -0.465 e. The van der Waals surface area contributed by atoms with E-state index < -0.39 is 6.09 Å². The van der Waals surface area contributed by atoms with Gasteiger partial charge in [0.05, 0.1) is 26.4 Å². The topological polar surface area (TPSA) is 102 Å². The average Bonchev–Trinajstić information content (AvgIpc) is 2.78. The fraction of sp³-hybridized carbons (Fsp3) is 0.952. The van der Waals surface area contributed by atoms with Gasteiger partial charge < -0.3 is 35.4 Å². The number of amides is 1. The van der Waals surface area contributed by atoms with Crippen molar-refractivity contribution >= 4 is 30.9 Å². The van der Waals surface area contributed by atoms with E-state index in [2.05, 4.69) is 39.6 Å². The molecule has 1 amide bonds. The van der Waals surface area contributed by atoms with Crippen LogP contribution in [0.3, 0.4) is 0 Å². The zero-order valence-electron chi connectivity index (χ0n) is 20.0. The van der Waals surface area contributed by atoms with Crippen LogP contribution in [0.25, 0.3) is 0 Å². The molecular formula is C21H44Cl2N6O4. The summed E-state index contributed by atoms with van der Waals surface area (Å²) < 4.78 is 10.8. The van der Waals surface area contributed by atoms with Gasteiger partial charge in [-0.05, 0) is 13.8 Å². The van der Waals surface area contributed by atoms with Crippen LogP contribution in [0.1, 0.15) is 13.8 Å². The van der Waals surface area contributed by atoms with Crippen LogP contribution in [0.5, 0.6) is 0 Å². The van der Waals surface area contributed by atoms with Gasteiger partial charge in [0.25, 0.3) is 0 Å². The average molecular weight is 516 g/mol. The number of hydrogen-bond donors (Lipinski definition) is 4. The predicted molar refractivity (Wildman–Crippen MR) is 134 cm³/mol. The minimum atomic E-state index is -0.813. The Bertz CT molecular complexity index is 547. The van der Waals surface area contributed by atoms with Crippen molar-refractivity contribution in [1.82, 2.24) is 30.7 Å². The lowest BCUT2D eigenvalue weighted by Gasteiger charge is -2.39. The summed E-state index contributed by atoms with van der Waals surface area (Å²) >= 11 is 0. The van der Waals surface area contributed by atoms with Gasteiger partial charge in [0.15, 0.2) is 0 Å². The van der Waals surface area contributed by atoms with Crippen molar-refractivity contribution in [2.24, 2.45) is 0 Å². The van der Waals surface area contributed by atoms with Crippen LogP contribution in [-0.4, -0.2) is 142 Å². The highest BCUT2D eigenvalue weighted by molar-refractivity contribution is 5.85. The molecule has 0 bridgehead atoms. The Balaban J connectivity index is 0.000000316. The molecular weight excluding hydrogens is 471 g/mol. The third-order valence-electron chi connectivity index (χ3n) is 6.57. The molecule has 0 aromatic rings. The SMILES string of the molecule is C[C@H]1COCCN1C[C@H]1CN(C(=O)O)CCN1.C[C@H]1COCCN1C[C@H]1CNCCN1.Cl.Cl. The molecule has 4 rings (SSSR count). The molecule has 0 aliphatic carbocycles. The second-order valence-corrected chi connectivity index (χ2v) is 9.07. The van der Waals surface area contributed by atoms with Gasteiger partial charge in [-0.1, -0.05) is 0 Å². The molecule has 4 aliphatic rings. The first-order valence-corrected chi connectivity index (χ1v) is 11.8. The molecule has 33 heavy (non-hydrogen) atoms. The number of carboxylic acid groups (broad SMARTS) is 1. The van der Waals surface area contributed by atoms with E-state index in [0.717, 1.165) is 78.8 Å². The smallest absolute Gasteiger partial charge is 0.407 e. The molecule has 4 fully saturated rings. The second-order valence-electron chi connectivity index (χ2n) is 9.07. The first kappa shape index (κ1) is 30.6. The third kappa shape index (κ3) is 10.4. The first-order chi connectivity index (χ1) is 15.0. The molecule has 0 aromatic heterocycles. The largest absolute Gasteiger partial charge is 0.465 e. The van der Waals surface area contributed by atoms with Crippen molar-refractivity contribution in [2.75, 3.05) is 91.9 Å². The van der Waals surface area contributed by atoms with Gasteiger partial charge in [-0.25, -0.2) is 4.79 Å². The zero-order chi connectivity index (χ0) is 22.1. The molecule has 4 heterocycles. The van der Waals surface area contributed by atoms with Gasteiger partial charge >= 0.3 is 6.09 Å². The predicted octanol–water partition coefficient (Wildman–Crippen LogP) is -0.229. The van der Waals surface area contributed by atoms with Crippen LogP contribution in [0.15, 0.2) is 0 Å². The van der Waals surface area contributed by atoms with Crippen LogP contribution < -0.4 is 16.0 Å². The Kier molecular flexibility index (Phi) is 15.1. The van der Waals surface area contributed by atoms with E-state index in [9.17, 15) is 4.79 Å². The normalized spacial score (nSPS) is 31.4. The molecule has 4 atom stereocenters. The number of hydrogen-bond acceptors (Lipinski definition) is 8. The monoisotopic (exact) mass is 514 g/mol. The maximum atomic E-state index is 10.9. The standard InChI is InChI=1S/C11H21N3O3.C10H21N3O.2ClH/c1-9-8-17-5-4-13(9)6-10-7-14(11(15)16)3-2-12-10;1-9-8-14-5-4-13(9)7-10-6-11-2-3-12-10;;/h9-10,12H,2-8H2,1H3,(H,15,16);9-12H,2-8H2,1H3;2*1H/t9-,10-;9-,10+;;/m00../s1. The Morgan fingerprint density at radius 2 is 1.45 bits per heavy atom. The molecule has 0 spiro atoms. The van der Waals surface area contributed by atoms with Crippen LogP contribution in [0.4, 0.5) is 4.79 Å². The molecule has 12 heteroatoms. The van der Waals surface area contributed by atoms with Crippen molar-refractivity contribution in [3.63, 3.8) is 0 Å². The van der Waals surface area contributed by atoms with Crippen molar-refractivity contribution in [3.8, 4) is 0 Å². The summed E-state index contributed by atoms with van der Waals surface area (Å²) in [5.74, 6) is 0. The number of nitrogens with zero attached hydrogens (tertiary/aromatic N) is 3. The molecule has 0 radical (unpaired) electrons. The Hall–Kier alpha value is -0.430. The number of carbonyl (C=O) groups is 1. The quantitative estimate of drug-likeness (QED) is 0.405. The van der Waals surface area contributed by atoms with E-state index in [1.165, 1.54) is 4.90 Å². The number of piperazine rings is 2. The zero-order valence-corrected chi connectivity index (χ0v) is 21.7. The van der Waals surface area contributed by atoms with Crippen molar-refractivity contribution < 1.29 is 19.4 Å². The van der Waals surface area contributed by atoms with Gasteiger partial charge in [0, 0.05) is 89.6 Å². The highest BCUT2D eigenvalue weighted by Crippen LogP contribution is 2.09. The molecule has 0 saturated carbocycles. The number of rotatable bonds is 4. The van der Waals surface area contributed by atoms with E-state index in [4.69, 9.17) is 14.6 Å². The highest BCUT2D eigenvalue weighted by atomic mass is 35.5. The number of ether oxygens (including phenoxy) is 2. The van der Waals surface area contributed by atoms with Gasteiger partial charge in [-0.2, -0.15) is 0 Å². The third-order valence-corrected chi connectivity index (χ3v) is 6.57. The summed E-state index contributed by atoms with van der Waals surface area (Å²) in [6.07, 6.45) is -0.813. The summed E-state index contributed by atoms with van der Waals surface area (Å²) in [4.78, 5) is 17.3. The van der Waals surface area contributed by atoms with Crippen molar-refractivity contribution in [1.29, 1.82) is 0 Å². The van der Waals surface area contributed by atoms with E-state index in [1.807, 2.05) is 0 Å². The fourth-order valence-electron chi connectivity index (χ4n) is 4.60. The van der Waals surface area contributed by atoms with Gasteiger partial charge in [-0.3, -0.25) is 9.80 Å². The molecule has 0 unspecified atom stereocenters. The van der Waals surface area contributed by atoms with Gasteiger partial charge in [0.1, 0.15) is 0 Å². The highest BCUT2D eigenvalue weighted by Gasteiger charge is 2.27. The lowest BCUT2D eigenvalue weighted by atomic mass is 10.1. The maximum absolute atomic E-state index is 10.9. The van der Waals surface area contributed by atoms with E-state index in [0.29, 0.717) is 31.2 Å². The van der Waals surface area contributed by atoms with E-state index >= 15 is 0 Å². The Morgan fingerprint density at radius 3 is 1.97 bits per heavy atom. The summed E-state index contributed by atoms with van der Waals surface area (Å²) in [6.45, 7) is 17.0. The molecule has 10 nitrogen and oxygen atoms in total. The van der Waals surface area contributed by atoms with Gasteiger partial charge in [-0.15, -0.1) is 24.8 Å². The molecule has 4 aliphatic heterocycles. The lowest BCUT2D eigenvalue weighted by molar-refractivity contribution is -0.00746. The second kappa shape index (κ2) is 16.3. The van der Waals surface area contributed by atoms with Crippen LogP contribution in [0, 0.1) is 0 Å². The summed E-state index contributed by atoms with van der Waals surface area (Å²) in [7, 11) is 0. The number of nitrogens with one attached hydrogen (secondary N) is 3. The molecule has 0 aromatic carbocycles. The minimum absolute atomic E-state index is 0. The molecule has 4 N–H and O–H groups in total. The number of morpholine rings is 2. The van der Waals surface area contributed by atoms with Crippen LogP contribution >= 0.6 is 24.8 Å². The molecule has 4 saturated heterocycles. The van der Waals surface area contributed by atoms with Crippen molar-refractivity contribution in [3.05, 3.63) is 0 Å². The Labute approximate surface area is 210 Å². The first-order valence-electron chi connectivity index (χ1n) is 11.8. The summed E-state index contributed by atoms with van der Waals surface area (Å²) in [5.41, 5.74) is 0. The van der Waals surface area contributed by atoms with Crippen molar-refractivity contribution in [2.45, 2.75) is 38.0 Å². The van der Waals surface area contributed by atoms with E-state index in [1.54, 1.807) is 0 Å². The summed E-state index contributed by atoms with van der Waals surface area (Å²) in [5, 5.41) is 19.3. The van der Waals surface area contributed by atoms with Crippen LogP contribution in [0.2, 0.25) is 0 Å². The summed E-state index contributed by atoms with van der Waals surface area (Å²) in [6, 6.07) is 1.85. The van der Waals surface area contributed by atoms with E-state index in [-0.39, 0.29) is 30.9 Å². The Morgan fingerprint density at radius 1 is 0.879 bits per heavy atom. The lowest BCUT2D eigenvalue weighted by Crippen LogP contribution is -2.58. The number of halogens is 2. The van der Waals surface area contributed by atoms with Crippen LogP contribution in [-0.2, 0) is 9.47 Å².